The molecule has 1 aromatic carbocycles. The first-order chi connectivity index (χ1) is 13.9. The predicted molar refractivity (Wildman–Crippen MR) is 110 cm³/mol. The van der Waals surface area contributed by atoms with Crippen LogP contribution >= 0.6 is 0 Å². The monoisotopic (exact) mass is 395 g/mol. The number of piperazine rings is 2. The Morgan fingerprint density at radius 2 is 1.93 bits per heavy atom. The largest absolute Gasteiger partial charge is 0.342 e. The molecule has 2 fully saturated rings. The van der Waals surface area contributed by atoms with Crippen molar-refractivity contribution >= 4 is 11.8 Å². The Hall–Kier alpha value is -2.67. The van der Waals surface area contributed by atoms with Crippen LogP contribution in [-0.2, 0) is 16.1 Å². The number of aryl methyl sites for hydroxylation is 1. The molecule has 0 spiro atoms. The van der Waals surface area contributed by atoms with Gasteiger partial charge in [-0.15, -0.1) is 0 Å². The first-order valence-electron chi connectivity index (χ1n) is 10.3. The molecule has 2 amide bonds. The highest BCUT2D eigenvalue weighted by atomic mass is 16.2. The third kappa shape index (κ3) is 4.19. The molecule has 7 nitrogen and oxygen atoms in total. The molecule has 2 saturated heterocycles. The van der Waals surface area contributed by atoms with E-state index in [0.29, 0.717) is 32.0 Å². The molecule has 0 saturated carbocycles. The summed E-state index contributed by atoms with van der Waals surface area (Å²) in [7, 11) is 0. The Kier molecular flexibility index (Phi) is 5.41. The smallest absolute Gasteiger partial charge is 0.245 e. The molecule has 7 heteroatoms. The topological polar surface area (TPSA) is 70.5 Å². The highest BCUT2D eigenvalue weighted by Gasteiger charge is 2.43. The minimum atomic E-state index is -0.396. The molecule has 0 aliphatic carbocycles. The van der Waals surface area contributed by atoms with Gasteiger partial charge >= 0.3 is 0 Å². The minimum absolute atomic E-state index is 0.0321. The highest BCUT2D eigenvalue weighted by molar-refractivity contribution is 5.97. The van der Waals surface area contributed by atoms with E-state index in [1.165, 1.54) is 5.56 Å². The first kappa shape index (κ1) is 19.6. The third-order valence-electron chi connectivity index (χ3n) is 5.71. The second-order valence-electron chi connectivity index (χ2n) is 8.60. The average Bonchev–Trinajstić information content (AvgIpc) is 3.14. The minimum Gasteiger partial charge on any atom is -0.342 e. The van der Waals surface area contributed by atoms with Crippen LogP contribution in [0, 0.1) is 12.8 Å². The number of benzene rings is 1. The Bertz CT molecular complexity index is 889. The summed E-state index contributed by atoms with van der Waals surface area (Å²) in [5, 5.41) is 7.41. The van der Waals surface area contributed by atoms with Gasteiger partial charge in [0.2, 0.25) is 11.8 Å². The zero-order valence-electron chi connectivity index (χ0n) is 17.3. The van der Waals surface area contributed by atoms with Gasteiger partial charge in [0.25, 0.3) is 0 Å². The molecule has 29 heavy (non-hydrogen) atoms. The molecule has 4 rings (SSSR count). The summed E-state index contributed by atoms with van der Waals surface area (Å²) in [5.41, 5.74) is 3.34. The standard InChI is InChI=1S/C22H29N5O2/c1-15(2)10-19-22(29)26-9-8-25(14-20(26)21(28)24-19)12-17-11-23-27(13-17)18-6-4-16(3)5-7-18/h4-7,11,13,15,19-20H,8-10,12,14H2,1-3H3,(H,24,28)/t19-,20+/m0/s1. The zero-order valence-corrected chi connectivity index (χ0v) is 17.3. The summed E-state index contributed by atoms with van der Waals surface area (Å²) in [6.07, 6.45) is 4.59. The van der Waals surface area contributed by atoms with Crippen molar-refractivity contribution in [2.45, 2.75) is 45.8 Å². The fraction of sp³-hybridized carbons (Fsp3) is 0.500. The van der Waals surface area contributed by atoms with Crippen molar-refractivity contribution in [3.63, 3.8) is 0 Å². The molecule has 1 aromatic heterocycles. The van der Waals surface area contributed by atoms with Crippen molar-refractivity contribution in [2.24, 2.45) is 5.92 Å². The fourth-order valence-corrected chi connectivity index (χ4v) is 4.17. The summed E-state index contributed by atoms with van der Waals surface area (Å²) in [5.74, 6) is 0.401. The van der Waals surface area contributed by atoms with E-state index in [0.717, 1.165) is 17.8 Å². The molecule has 154 valence electrons. The molecule has 0 unspecified atom stereocenters. The zero-order chi connectivity index (χ0) is 20.5. The molecular formula is C22H29N5O2. The Balaban J connectivity index is 1.40. The van der Waals surface area contributed by atoms with Gasteiger partial charge in [0.15, 0.2) is 0 Å². The molecule has 2 aliphatic rings. The molecule has 0 radical (unpaired) electrons. The van der Waals surface area contributed by atoms with Gasteiger partial charge in [0.1, 0.15) is 12.1 Å². The second-order valence-corrected chi connectivity index (χ2v) is 8.60. The lowest BCUT2D eigenvalue weighted by Gasteiger charge is -2.45. The molecule has 0 bridgehead atoms. The lowest BCUT2D eigenvalue weighted by Crippen LogP contribution is -2.69. The van der Waals surface area contributed by atoms with Crippen LogP contribution in [0.4, 0.5) is 0 Å². The number of carbonyl (C=O) groups excluding carboxylic acids is 2. The lowest BCUT2D eigenvalue weighted by atomic mass is 9.97. The molecule has 1 N–H and O–H groups in total. The van der Waals surface area contributed by atoms with Crippen LogP contribution in [0.3, 0.4) is 0 Å². The van der Waals surface area contributed by atoms with Crippen molar-refractivity contribution in [3.05, 3.63) is 47.8 Å². The average molecular weight is 396 g/mol. The van der Waals surface area contributed by atoms with Gasteiger partial charge in [-0.2, -0.15) is 5.10 Å². The van der Waals surface area contributed by atoms with E-state index in [9.17, 15) is 9.59 Å². The summed E-state index contributed by atoms with van der Waals surface area (Å²) >= 11 is 0. The number of fused-ring (bicyclic) bond motifs is 1. The number of hydrogen-bond acceptors (Lipinski definition) is 4. The van der Waals surface area contributed by atoms with E-state index in [-0.39, 0.29) is 17.9 Å². The van der Waals surface area contributed by atoms with Crippen LogP contribution in [0.15, 0.2) is 36.7 Å². The molecule has 2 aromatic rings. The van der Waals surface area contributed by atoms with Gasteiger partial charge in [-0.05, 0) is 31.4 Å². The van der Waals surface area contributed by atoms with E-state index in [2.05, 4.69) is 60.4 Å². The molecular weight excluding hydrogens is 366 g/mol. The van der Waals surface area contributed by atoms with Gasteiger partial charge in [-0.1, -0.05) is 31.5 Å². The first-order valence-corrected chi connectivity index (χ1v) is 10.3. The van der Waals surface area contributed by atoms with Crippen LogP contribution in [0.1, 0.15) is 31.4 Å². The maximum absolute atomic E-state index is 12.8. The lowest BCUT2D eigenvalue weighted by molar-refractivity contribution is -0.153. The summed E-state index contributed by atoms with van der Waals surface area (Å²) in [6, 6.07) is 7.47. The normalized spacial score (nSPS) is 22.7. The number of nitrogens with one attached hydrogen (secondary N) is 1. The van der Waals surface area contributed by atoms with Crippen molar-refractivity contribution in [1.82, 2.24) is 24.9 Å². The van der Waals surface area contributed by atoms with Crippen molar-refractivity contribution in [3.8, 4) is 5.69 Å². The van der Waals surface area contributed by atoms with Crippen LogP contribution in [0.2, 0.25) is 0 Å². The number of hydrogen-bond donors (Lipinski definition) is 1. The Morgan fingerprint density at radius 3 is 2.66 bits per heavy atom. The van der Waals surface area contributed by atoms with Crippen LogP contribution in [0.25, 0.3) is 5.69 Å². The molecule has 2 aliphatic heterocycles. The van der Waals surface area contributed by atoms with E-state index < -0.39 is 6.04 Å². The Labute approximate surface area is 171 Å². The van der Waals surface area contributed by atoms with E-state index in [1.54, 1.807) is 4.90 Å². The van der Waals surface area contributed by atoms with Gasteiger partial charge in [0.05, 0.1) is 11.9 Å². The van der Waals surface area contributed by atoms with Crippen LogP contribution < -0.4 is 5.32 Å². The summed E-state index contributed by atoms with van der Waals surface area (Å²) in [6.45, 7) is 8.83. The van der Waals surface area contributed by atoms with Gasteiger partial charge in [-0.25, -0.2) is 4.68 Å². The number of rotatable bonds is 5. The Morgan fingerprint density at radius 1 is 1.17 bits per heavy atom. The van der Waals surface area contributed by atoms with Gasteiger partial charge in [-0.3, -0.25) is 14.5 Å². The maximum atomic E-state index is 12.8. The number of aromatic nitrogens is 2. The number of carbonyl (C=O) groups is 2. The quantitative estimate of drug-likeness (QED) is 0.837. The van der Waals surface area contributed by atoms with Gasteiger partial charge in [0, 0.05) is 37.9 Å². The van der Waals surface area contributed by atoms with E-state index in [1.807, 2.05) is 17.1 Å². The van der Waals surface area contributed by atoms with E-state index >= 15 is 0 Å². The van der Waals surface area contributed by atoms with Crippen molar-refractivity contribution in [1.29, 1.82) is 0 Å². The second kappa shape index (κ2) is 7.99. The highest BCUT2D eigenvalue weighted by Crippen LogP contribution is 2.21. The number of nitrogens with zero attached hydrogens (tertiary/aromatic N) is 4. The fourth-order valence-electron chi connectivity index (χ4n) is 4.17. The third-order valence-corrected chi connectivity index (χ3v) is 5.71. The van der Waals surface area contributed by atoms with E-state index in [4.69, 9.17) is 0 Å². The summed E-state index contributed by atoms with van der Waals surface area (Å²) < 4.78 is 1.87. The van der Waals surface area contributed by atoms with Crippen LogP contribution in [0.5, 0.6) is 0 Å². The summed E-state index contributed by atoms with van der Waals surface area (Å²) in [4.78, 5) is 29.4. The number of amides is 2. The van der Waals surface area contributed by atoms with Crippen molar-refractivity contribution < 1.29 is 9.59 Å². The molecule has 3 heterocycles. The SMILES string of the molecule is Cc1ccc(-n2cc(CN3CCN4C(=O)[C@H](CC(C)C)NC(=O)[C@H]4C3)cn2)cc1. The van der Waals surface area contributed by atoms with Crippen molar-refractivity contribution in [2.75, 3.05) is 19.6 Å². The maximum Gasteiger partial charge on any atom is 0.245 e. The van der Waals surface area contributed by atoms with Crippen LogP contribution in [-0.4, -0.2) is 63.1 Å². The molecule has 2 atom stereocenters. The predicted octanol–water partition coefficient (Wildman–Crippen LogP) is 1.74. The van der Waals surface area contributed by atoms with Gasteiger partial charge < -0.3 is 10.2 Å².